The summed E-state index contributed by atoms with van der Waals surface area (Å²) in [6, 6.07) is 10.4. The number of ether oxygens (including phenoxy) is 2. The van der Waals surface area contributed by atoms with Crippen LogP contribution in [0.25, 0.3) is 11.1 Å². The number of fused-ring (bicyclic) bond motifs is 1. The van der Waals surface area contributed by atoms with Crippen LogP contribution in [0.5, 0.6) is 0 Å². The predicted molar refractivity (Wildman–Crippen MR) is 101 cm³/mol. The van der Waals surface area contributed by atoms with Gasteiger partial charge in [0.15, 0.2) is 0 Å². The van der Waals surface area contributed by atoms with Crippen LogP contribution in [0.2, 0.25) is 0 Å². The summed E-state index contributed by atoms with van der Waals surface area (Å²) >= 11 is 0. The van der Waals surface area contributed by atoms with Gasteiger partial charge in [-0.15, -0.1) is 0 Å². The maximum Gasteiger partial charge on any atom is 0.410 e. The molecule has 26 heavy (non-hydrogen) atoms. The molecule has 2 heterocycles. The minimum Gasteiger partial charge on any atom is -0.444 e. The quantitative estimate of drug-likeness (QED) is 0.828. The molecule has 0 fully saturated rings. The molecule has 1 aromatic carbocycles. The van der Waals surface area contributed by atoms with Crippen molar-refractivity contribution in [3.8, 4) is 11.1 Å². The zero-order chi connectivity index (χ0) is 18.7. The molecule has 1 aliphatic heterocycles. The van der Waals surface area contributed by atoms with Crippen LogP contribution >= 0.6 is 0 Å². The molecule has 1 atom stereocenters. The summed E-state index contributed by atoms with van der Waals surface area (Å²) in [7, 11) is 1.75. The van der Waals surface area contributed by atoms with E-state index in [4.69, 9.17) is 9.47 Å². The summed E-state index contributed by atoms with van der Waals surface area (Å²) in [5.74, 6) is 0. The Morgan fingerprint density at radius 2 is 2.12 bits per heavy atom. The second-order valence-corrected chi connectivity index (χ2v) is 7.63. The number of nitrogens with zero attached hydrogens (tertiary/aromatic N) is 2. The second-order valence-electron chi connectivity index (χ2n) is 7.63. The summed E-state index contributed by atoms with van der Waals surface area (Å²) in [6.07, 6.45) is 4.01. The second kappa shape index (κ2) is 7.46. The molecule has 3 rings (SSSR count). The summed E-state index contributed by atoms with van der Waals surface area (Å²) in [6.45, 7) is 6.71. The highest BCUT2D eigenvalue weighted by Crippen LogP contribution is 2.32. The van der Waals surface area contributed by atoms with Crippen molar-refractivity contribution in [2.24, 2.45) is 0 Å². The number of rotatable bonds is 3. The fraction of sp³-hybridized carbons (Fsp3) is 0.429. The summed E-state index contributed by atoms with van der Waals surface area (Å²) in [4.78, 5) is 18.1. The van der Waals surface area contributed by atoms with Crippen LogP contribution in [-0.4, -0.2) is 41.8 Å². The van der Waals surface area contributed by atoms with Gasteiger partial charge in [0.25, 0.3) is 0 Å². The molecule has 0 aliphatic carbocycles. The molecular weight excluding hydrogens is 328 g/mol. The van der Waals surface area contributed by atoms with Crippen molar-refractivity contribution in [2.75, 3.05) is 20.2 Å². The van der Waals surface area contributed by atoms with Gasteiger partial charge in [-0.3, -0.25) is 4.98 Å². The van der Waals surface area contributed by atoms with Gasteiger partial charge in [-0.1, -0.05) is 18.2 Å². The van der Waals surface area contributed by atoms with Crippen LogP contribution in [0.1, 0.15) is 38.0 Å². The van der Waals surface area contributed by atoms with E-state index in [1.54, 1.807) is 18.1 Å². The lowest BCUT2D eigenvalue weighted by atomic mass is 9.93. The van der Waals surface area contributed by atoms with Gasteiger partial charge in [-0.2, -0.15) is 0 Å². The summed E-state index contributed by atoms with van der Waals surface area (Å²) < 4.78 is 11.4. The molecule has 5 heteroatoms. The lowest BCUT2D eigenvalue weighted by Crippen LogP contribution is -2.37. The van der Waals surface area contributed by atoms with Crippen molar-refractivity contribution in [3.63, 3.8) is 0 Å². The molecule has 1 aromatic heterocycles. The summed E-state index contributed by atoms with van der Waals surface area (Å²) in [5, 5.41) is 0. The van der Waals surface area contributed by atoms with E-state index in [9.17, 15) is 4.79 Å². The number of pyridine rings is 1. The Labute approximate surface area is 155 Å². The number of amides is 1. The number of hydrogen-bond acceptors (Lipinski definition) is 4. The van der Waals surface area contributed by atoms with Crippen LogP contribution in [0.4, 0.5) is 4.79 Å². The van der Waals surface area contributed by atoms with Crippen molar-refractivity contribution >= 4 is 6.09 Å². The van der Waals surface area contributed by atoms with Gasteiger partial charge in [-0.05, 0) is 61.6 Å². The first kappa shape index (κ1) is 18.4. The molecule has 0 unspecified atom stereocenters. The van der Waals surface area contributed by atoms with E-state index in [2.05, 4.69) is 23.2 Å². The standard InChI is InChI=1S/C21H26N2O3/c1-21(2,3)26-20(24)23(4)14-19-18-12-16(17-6-5-10-22-13-17)8-7-15(18)9-11-25-19/h5-8,10,12-13,19H,9,11,14H2,1-4H3/t19-/m0/s1. The van der Waals surface area contributed by atoms with E-state index < -0.39 is 5.60 Å². The highest BCUT2D eigenvalue weighted by molar-refractivity contribution is 5.68. The average molecular weight is 354 g/mol. The minimum absolute atomic E-state index is 0.159. The van der Waals surface area contributed by atoms with Gasteiger partial charge in [0.1, 0.15) is 11.7 Å². The van der Waals surface area contributed by atoms with Crippen molar-refractivity contribution in [1.82, 2.24) is 9.88 Å². The molecule has 0 radical (unpaired) electrons. The first-order chi connectivity index (χ1) is 12.3. The number of aromatic nitrogens is 1. The van der Waals surface area contributed by atoms with Crippen molar-refractivity contribution in [3.05, 3.63) is 53.9 Å². The third-order valence-electron chi connectivity index (χ3n) is 4.32. The van der Waals surface area contributed by atoms with Crippen LogP contribution < -0.4 is 0 Å². The highest BCUT2D eigenvalue weighted by Gasteiger charge is 2.26. The van der Waals surface area contributed by atoms with Gasteiger partial charge in [0.2, 0.25) is 0 Å². The highest BCUT2D eigenvalue weighted by atomic mass is 16.6. The van der Waals surface area contributed by atoms with E-state index in [1.807, 2.05) is 39.1 Å². The zero-order valence-corrected chi connectivity index (χ0v) is 15.9. The Hall–Kier alpha value is -2.40. The maximum atomic E-state index is 12.3. The van der Waals surface area contributed by atoms with Crippen molar-refractivity contribution in [1.29, 1.82) is 0 Å². The molecule has 0 saturated heterocycles. The van der Waals surface area contributed by atoms with Crippen LogP contribution in [0.3, 0.4) is 0 Å². The van der Waals surface area contributed by atoms with Gasteiger partial charge in [0, 0.05) is 19.4 Å². The van der Waals surface area contributed by atoms with Crippen LogP contribution in [0.15, 0.2) is 42.7 Å². The Balaban J connectivity index is 1.80. The molecule has 1 aliphatic rings. The van der Waals surface area contributed by atoms with E-state index in [0.29, 0.717) is 13.2 Å². The van der Waals surface area contributed by atoms with E-state index in [1.165, 1.54) is 5.56 Å². The van der Waals surface area contributed by atoms with Gasteiger partial charge in [-0.25, -0.2) is 4.79 Å². The molecule has 5 nitrogen and oxygen atoms in total. The van der Waals surface area contributed by atoms with Gasteiger partial charge < -0.3 is 14.4 Å². The maximum absolute atomic E-state index is 12.3. The summed E-state index contributed by atoms with van der Waals surface area (Å²) in [5.41, 5.74) is 4.07. The Morgan fingerprint density at radius 3 is 2.81 bits per heavy atom. The normalized spacial score (nSPS) is 16.7. The fourth-order valence-corrected chi connectivity index (χ4v) is 3.05. The van der Waals surface area contributed by atoms with E-state index in [0.717, 1.165) is 23.1 Å². The topological polar surface area (TPSA) is 51.7 Å². The minimum atomic E-state index is -0.510. The molecule has 0 saturated carbocycles. The molecule has 138 valence electrons. The fourth-order valence-electron chi connectivity index (χ4n) is 3.05. The smallest absolute Gasteiger partial charge is 0.410 e. The van der Waals surface area contributed by atoms with E-state index in [-0.39, 0.29) is 12.2 Å². The van der Waals surface area contributed by atoms with Crippen molar-refractivity contribution < 1.29 is 14.3 Å². The van der Waals surface area contributed by atoms with Gasteiger partial charge in [0.05, 0.1) is 13.2 Å². The number of carbonyl (C=O) groups excluding carboxylic acids is 1. The molecule has 0 N–H and O–H groups in total. The Bertz CT molecular complexity index is 769. The number of benzene rings is 1. The number of carbonyl (C=O) groups is 1. The molecule has 1 amide bonds. The Morgan fingerprint density at radius 1 is 1.31 bits per heavy atom. The van der Waals surface area contributed by atoms with Crippen molar-refractivity contribution in [2.45, 2.75) is 38.9 Å². The lowest BCUT2D eigenvalue weighted by Gasteiger charge is -2.31. The first-order valence-electron chi connectivity index (χ1n) is 8.92. The molecule has 2 aromatic rings. The van der Waals surface area contributed by atoms with Crippen LogP contribution in [0, 0.1) is 0 Å². The van der Waals surface area contributed by atoms with Gasteiger partial charge >= 0.3 is 6.09 Å². The van der Waals surface area contributed by atoms with Crippen LogP contribution in [-0.2, 0) is 15.9 Å². The third-order valence-corrected chi connectivity index (χ3v) is 4.32. The Kier molecular flexibility index (Phi) is 5.28. The monoisotopic (exact) mass is 354 g/mol. The first-order valence-corrected chi connectivity index (χ1v) is 8.92. The van der Waals surface area contributed by atoms with E-state index >= 15 is 0 Å². The lowest BCUT2D eigenvalue weighted by molar-refractivity contribution is -0.00162. The molecule has 0 bridgehead atoms. The third kappa shape index (κ3) is 4.41. The number of hydrogen-bond donors (Lipinski definition) is 0. The predicted octanol–water partition coefficient (Wildman–Crippen LogP) is 4.23. The number of likely N-dealkylation sites (N-methyl/N-ethyl adjacent to an activating group) is 1. The molecule has 0 spiro atoms. The SMILES string of the molecule is CN(C[C@@H]1OCCc2ccc(-c3cccnc3)cc21)C(=O)OC(C)(C)C. The zero-order valence-electron chi connectivity index (χ0n) is 15.9. The average Bonchev–Trinajstić information content (AvgIpc) is 2.61. The largest absolute Gasteiger partial charge is 0.444 e. The molecular formula is C21H26N2O3.